The van der Waals surface area contributed by atoms with Gasteiger partial charge in [-0.05, 0) is 42.7 Å². The molecule has 9 nitrogen and oxygen atoms in total. The number of aliphatic hydroxyl groups excluding tert-OH is 1. The van der Waals surface area contributed by atoms with E-state index in [2.05, 4.69) is 21.8 Å². The number of aliphatic imine (C=N–C) groups is 1. The molecule has 3 aliphatic heterocycles. The topological polar surface area (TPSA) is 106 Å². The maximum absolute atomic E-state index is 12.3. The van der Waals surface area contributed by atoms with Crippen LogP contribution in [0.25, 0.3) is 0 Å². The van der Waals surface area contributed by atoms with Crippen molar-refractivity contribution in [2.45, 2.75) is 31.8 Å². The van der Waals surface area contributed by atoms with Crippen LogP contribution >= 0.6 is 0 Å². The molecule has 1 saturated heterocycles. The summed E-state index contributed by atoms with van der Waals surface area (Å²) in [4.78, 5) is 30.5. The number of benzene rings is 2. The highest BCUT2D eigenvalue weighted by atomic mass is 16.5. The normalized spacial score (nSPS) is 18.5. The predicted molar refractivity (Wildman–Crippen MR) is 118 cm³/mol. The Morgan fingerprint density at radius 3 is 3.00 bits per heavy atom. The molecule has 1 fully saturated rings. The molecule has 3 aliphatic rings. The van der Waals surface area contributed by atoms with Crippen molar-refractivity contribution in [3.63, 3.8) is 0 Å². The van der Waals surface area contributed by atoms with Gasteiger partial charge in [-0.25, -0.2) is 4.99 Å². The molecule has 3 heterocycles. The molecular formula is C23H25N5O4. The number of fused-ring (bicyclic) bond motifs is 3. The van der Waals surface area contributed by atoms with Crippen molar-refractivity contribution in [3.8, 4) is 5.75 Å². The number of para-hydroxylation sites is 1. The molecule has 0 aromatic heterocycles. The molecule has 0 radical (unpaired) electrons. The zero-order chi connectivity index (χ0) is 22.1. The third-order valence-electron chi connectivity index (χ3n) is 5.94. The number of carbonyl (C=O) groups excluding carboxylic acids is 2. The first-order chi connectivity index (χ1) is 15.6. The van der Waals surface area contributed by atoms with Gasteiger partial charge in [-0.1, -0.05) is 18.2 Å². The van der Waals surface area contributed by atoms with Gasteiger partial charge in [-0.3, -0.25) is 25.3 Å². The van der Waals surface area contributed by atoms with Crippen LogP contribution in [0.5, 0.6) is 5.75 Å². The number of anilines is 1. The quantitative estimate of drug-likeness (QED) is 0.565. The average molecular weight is 435 g/mol. The number of nitrogens with zero attached hydrogens (tertiary/aromatic N) is 3. The molecule has 1 atom stereocenters. The largest absolute Gasteiger partial charge is 0.494 e. The minimum Gasteiger partial charge on any atom is -0.494 e. The van der Waals surface area contributed by atoms with E-state index in [1.165, 1.54) is 5.56 Å². The van der Waals surface area contributed by atoms with Crippen molar-refractivity contribution < 1.29 is 19.4 Å². The van der Waals surface area contributed by atoms with Crippen molar-refractivity contribution in [3.05, 3.63) is 53.6 Å². The van der Waals surface area contributed by atoms with Gasteiger partial charge >= 0.3 is 0 Å². The molecule has 2 aromatic carbocycles. The molecule has 0 spiro atoms. The molecule has 9 heteroatoms. The summed E-state index contributed by atoms with van der Waals surface area (Å²) in [5, 5.41) is 14.1. The van der Waals surface area contributed by atoms with Gasteiger partial charge in [0.05, 0.1) is 24.6 Å². The van der Waals surface area contributed by atoms with Crippen LogP contribution in [-0.4, -0.2) is 53.6 Å². The van der Waals surface area contributed by atoms with Crippen molar-refractivity contribution in [2.24, 2.45) is 4.99 Å². The number of nitrogens with one attached hydrogen (secondary N) is 2. The van der Waals surface area contributed by atoms with Gasteiger partial charge in [0.2, 0.25) is 11.9 Å². The summed E-state index contributed by atoms with van der Waals surface area (Å²) in [6.45, 7) is 1.41. The summed E-state index contributed by atoms with van der Waals surface area (Å²) in [6, 6.07) is 13.1. The molecule has 1 unspecified atom stereocenters. The highest BCUT2D eigenvalue weighted by Crippen LogP contribution is 2.32. The standard InChI is InChI=1S/C23H25N5O4/c29-14-20-22(31)25-23-24-18-8-7-17(12-16(18)13-27(20)23)32-11-3-6-21(30)26-28-10-9-15-4-1-2-5-19(15)28/h1-2,4-5,7-8,12,20,29H,3,6,9-11,13-14H2,(H,26,30)(H,24,25,31). The molecule has 0 aliphatic carbocycles. The second-order valence-electron chi connectivity index (χ2n) is 8.06. The maximum Gasteiger partial charge on any atom is 0.251 e. The lowest BCUT2D eigenvalue weighted by atomic mass is 10.1. The van der Waals surface area contributed by atoms with E-state index in [4.69, 9.17) is 4.74 Å². The smallest absolute Gasteiger partial charge is 0.251 e. The fraction of sp³-hybridized carbons (Fsp3) is 0.348. The maximum atomic E-state index is 12.3. The van der Waals surface area contributed by atoms with Gasteiger partial charge in [0.1, 0.15) is 11.8 Å². The van der Waals surface area contributed by atoms with Crippen LogP contribution in [0.1, 0.15) is 24.0 Å². The molecular weight excluding hydrogens is 410 g/mol. The number of ether oxygens (including phenoxy) is 1. The summed E-state index contributed by atoms with van der Waals surface area (Å²) < 4.78 is 5.84. The minimum absolute atomic E-state index is 0.0288. The Hall–Kier alpha value is -3.59. The van der Waals surface area contributed by atoms with E-state index in [1.54, 1.807) is 4.90 Å². The van der Waals surface area contributed by atoms with Crippen molar-refractivity contribution in [2.75, 3.05) is 24.8 Å². The number of hydrazine groups is 1. The number of hydrogen-bond donors (Lipinski definition) is 3. The molecule has 2 aromatic rings. The van der Waals surface area contributed by atoms with Crippen LogP contribution in [0, 0.1) is 0 Å². The number of guanidine groups is 1. The molecule has 3 N–H and O–H groups in total. The fourth-order valence-electron chi connectivity index (χ4n) is 4.28. The Morgan fingerprint density at radius 1 is 1.25 bits per heavy atom. The van der Waals surface area contributed by atoms with Gasteiger partial charge in [-0.2, -0.15) is 0 Å². The Kier molecular flexibility index (Phi) is 5.40. The zero-order valence-corrected chi connectivity index (χ0v) is 17.6. The minimum atomic E-state index is -0.618. The van der Waals surface area contributed by atoms with Crippen molar-refractivity contribution in [1.29, 1.82) is 0 Å². The summed E-state index contributed by atoms with van der Waals surface area (Å²) in [6.07, 6.45) is 1.90. The molecule has 0 saturated carbocycles. The Balaban J connectivity index is 1.11. The summed E-state index contributed by atoms with van der Waals surface area (Å²) in [7, 11) is 0. The summed E-state index contributed by atoms with van der Waals surface area (Å²) in [5.41, 5.74) is 6.98. The van der Waals surface area contributed by atoms with Crippen molar-refractivity contribution >= 4 is 29.1 Å². The predicted octanol–water partition coefficient (Wildman–Crippen LogP) is 1.23. The Bertz CT molecular complexity index is 1090. The van der Waals surface area contributed by atoms with E-state index in [9.17, 15) is 14.7 Å². The molecule has 2 amide bonds. The number of carbonyl (C=O) groups is 2. The van der Waals surface area contributed by atoms with E-state index >= 15 is 0 Å². The Labute approximate surface area is 185 Å². The van der Waals surface area contributed by atoms with Gasteiger partial charge in [0, 0.05) is 25.1 Å². The van der Waals surface area contributed by atoms with E-state index < -0.39 is 6.04 Å². The van der Waals surface area contributed by atoms with Crippen LogP contribution in [0.3, 0.4) is 0 Å². The lowest BCUT2D eigenvalue weighted by Gasteiger charge is -2.27. The molecule has 32 heavy (non-hydrogen) atoms. The zero-order valence-electron chi connectivity index (χ0n) is 17.6. The number of rotatable bonds is 7. The van der Waals surface area contributed by atoms with Gasteiger partial charge < -0.3 is 14.7 Å². The van der Waals surface area contributed by atoms with Gasteiger partial charge in [0.15, 0.2) is 0 Å². The van der Waals surface area contributed by atoms with Gasteiger partial charge in [-0.15, -0.1) is 0 Å². The third-order valence-corrected chi connectivity index (χ3v) is 5.94. The number of hydrogen-bond acceptors (Lipinski definition) is 7. The second-order valence-corrected chi connectivity index (χ2v) is 8.06. The highest BCUT2D eigenvalue weighted by molar-refractivity contribution is 6.07. The van der Waals surface area contributed by atoms with E-state index in [1.807, 2.05) is 41.4 Å². The SMILES string of the molecule is O=C(CCCOc1ccc2c(c1)CN1C(=N2)NC(=O)C1CO)NN1CCc2ccccc21. The van der Waals surface area contributed by atoms with Crippen molar-refractivity contribution in [1.82, 2.24) is 15.6 Å². The molecule has 0 bridgehead atoms. The Morgan fingerprint density at radius 2 is 2.12 bits per heavy atom. The monoisotopic (exact) mass is 435 g/mol. The number of aliphatic hydroxyl groups is 1. The first kappa shape index (κ1) is 20.3. The van der Waals surface area contributed by atoms with E-state index in [0.717, 1.165) is 29.9 Å². The summed E-state index contributed by atoms with van der Waals surface area (Å²) in [5.74, 6) is 0.891. The van der Waals surface area contributed by atoms with Gasteiger partial charge in [0.25, 0.3) is 5.91 Å². The molecule has 166 valence electrons. The summed E-state index contributed by atoms with van der Waals surface area (Å²) >= 11 is 0. The van der Waals surface area contributed by atoms with Crippen LogP contribution in [-0.2, 0) is 22.6 Å². The number of amides is 2. The van der Waals surface area contributed by atoms with Crippen LogP contribution < -0.4 is 20.5 Å². The second kappa shape index (κ2) is 8.51. The first-order valence-electron chi connectivity index (χ1n) is 10.8. The van der Waals surface area contributed by atoms with Crippen LogP contribution in [0.2, 0.25) is 0 Å². The van der Waals surface area contributed by atoms with Crippen LogP contribution in [0.15, 0.2) is 47.5 Å². The van der Waals surface area contributed by atoms with E-state index in [0.29, 0.717) is 37.7 Å². The first-order valence-corrected chi connectivity index (χ1v) is 10.8. The van der Waals surface area contributed by atoms with Crippen LogP contribution in [0.4, 0.5) is 11.4 Å². The van der Waals surface area contributed by atoms with E-state index in [-0.39, 0.29) is 18.4 Å². The average Bonchev–Trinajstić information content (AvgIpc) is 3.34. The lowest BCUT2D eigenvalue weighted by Crippen LogP contribution is -2.41. The third kappa shape index (κ3) is 3.87. The highest BCUT2D eigenvalue weighted by Gasteiger charge is 2.38. The molecule has 5 rings (SSSR count). The fourth-order valence-corrected chi connectivity index (χ4v) is 4.28. The lowest BCUT2D eigenvalue weighted by molar-refractivity contribution is -0.123.